The fourth-order valence-electron chi connectivity index (χ4n) is 2.10. The van der Waals surface area contributed by atoms with Crippen LogP contribution >= 0.6 is 0 Å². The highest BCUT2D eigenvalue weighted by Gasteiger charge is 2.49. The molecule has 1 aromatic carbocycles. The SMILES string of the molecule is CC(C)[C@@H]1NC(O)(O)O[C@@H]1C(=O)OCc1ccccc1. The van der Waals surface area contributed by atoms with Crippen molar-refractivity contribution in [2.45, 2.75) is 38.7 Å². The summed E-state index contributed by atoms with van der Waals surface area (Å²) in [6.45, 7) is 3.81. The molecule has 1 saturated heterocycles. The molecular weight excluding hydrogens is 262 g/mol. The van der Waals surface area contributed by atoms with E-state index in [1.807, 2.05) is 44.2 Å². The van der Waals surface area contributed by atoms with Gasteiger partial charge in [0, 0.05) is 0 Å². The van der Waals surface area contributed by atoms with Crippen LogP contribution in [0.5, 0.6) is 0 Å². The van der Waals surface area contributed by atoms with Crippen LogP contribution in [0.3, 0.4) is 0 Å². The van der Waals surface area contributed by atoms with E-state index in [2.05, 4.69) is 5.32 Å². The maximum Gasteiger partial charge on any atom is 0.346 e. The molecule has 1 fully saturated rings. The molecule has 2 rings (SSSR count). The van der Waals surface area contributed by atoms with E-state index >= 15 is 0 Å². The van der Waals surface area contributed by atoms with Crippen LogP contribution in [0, 0.1) is 5.92 Å². The molecule has 110 valence electrons. The lowest BCUT2D eigenvalue weighted by atomic mass is 9.99. The molecule has 0 radical (unpaired) electrons. The number of hydrogen-bond donors (Lipinski definition) is 3. The molecule has 0 bridgehead atoms. The van der Waals surface area contributed by atoms with E-state index in [1.54, 1.807) is 0 Å². The second kappa shape index (κ2) is 5.88. The minimum absolute atomic E-state index is 0.0227. The number of nitrogens with one attached hydrogen (secondary N) is 1. The third-order valence-corrected chi connectivity index (χ3v) is 3.15. The first-order chi connectivity index (χ1) is 9.39. The maximum atomic E-state index is 12.0. The summed E-state index contributed by atoms with van der Waals surface area (Å²) in [4.78, 5) is 12.0. The fraction of sp³-hybridized carbons (Fsp3) is 0.500. The van der Waals surface area contributed by atoms with E-state index in [0.29, 0.717) is 0 Å². The quantitative estimate of drug-likeness (QED) is 0.545. The summed E-state index contributed by atoms with van der Waals surface area (Å²) in [5.41, 5.74) is 0.854. The first-order valence-corrected chi connectivity index (χ1v) is 6.50. The first-order valence-electron chi connectivity index (χ1n) is 6.50. The van der Waals surface area contributed by atoms with Crippen molar-refractivity contribution in [1.82, 2.24) is 5.32 Å². The Hall–Kier alpha value is -1.47. The smallest absolute Gasteiger partial charge is 0.346 e. The van der Waals surface area contributed by atoms with Gasteiger partial charge in [0.25, 0.3) is 0 Å². The molecule has 6 nitrogen and oxygen atoms in total. The molecule has 0 unspecified atom stereocenters. The summed E-state index contributed by atoms with van der Waals surface area (Å²) in [7, 11) is 0. The molecule has 0 amide bonds. The summed E-state index contributed by atoms with van der Waals surface area (Å²) in [5, 5.41) is 21.3. The first kappa shape index (κ1) is 14.9. The number of ether oxygens (including phenoxy) is 2. The lowest BCUT2D eigenvalue weighted by Gasteiger charge is -2.19. The van der Waals surface area contributed by atoms with Gasteiger partial charge in [-0.15, -0.1) is 0 Å². The molecule has 1 heterocycles. The zero-order valence-corrected chi connectivity index (χ0v) is 11.4. The van der Waals surface area contributed by atoms with Crippen LogP contribution in [0.15, 0.2) is 30.3 Å². The Morgan fingerprint density at radius 3 is 2.65 bits per heavy atom. The molecular formula is C14H19NO5. The van der Waals surface area contributed by atoms with Gasteiger partial charge in [-0.25, -0.2) is 10.1 Å². The van der Waals surface area contributed by atoms with E-state index in [9.17, 15) is 15.0 Å². The minimum atomic E-state index is -2.49. The molecule has 6 heteroatoms. The van der Waals surface area contributed by atoms with Gasteiger partial charge in [0.1, 0.15) is 6.61 Å². The minimum Gasteiger partial charge on any atom is -0.459 e. The Labute approximate surface area is 117 Å². The lowest BCUT2D eigenvalue weighted by Crippen LogP contribution is -2.46. The van der Waals surface area contributed by atoms with Crippen molar-refractivity contribution in [2.24, 2.45) is 5.92 Å². The van der Waals surface area contributed by atoms with Gasteiger partial charge in [0.05, 0.1) is 6.04 Å². The van der Waals surface area contributed by atoms with Crippen molar-refractivity contribution >= 4 is 5.97 Å². The highest BCUT2D eigenvalue weighted by atomic mass is 16.8. The van der Waals surface area contributed by atoms with Crippen LogP contribution in [-0.2, 0) is 20.9 Å². The zero-order valence-electron chi connectivity index (χ0n) is 11.4. The Morgan fingerprint density at radius 2 is 2.05 bits per heavy atom. The second-order valence-corrected chi connectivity index (χ2v) is 5.15. The summed E-state index contributed by atoms with van der Waals surface area (Å²) in [6.07, 6.45) is -3.54. The molecule has 0 spiro atoms. The largest absolute Gasteiger partial charge is 0.459 e. The van der Waals surface area contributed by atoms with Crippen molar-refractivity contribution in [3.63, 3.8) is 0 Å². The second-order valence-electron chi connectivity index (χ2n) is 5.15. The molecule has 2 atom stereocenters. The molecule has 0 aromatic heterocycles. The van der Waals surface area contributed by atoms with Crippen LogP contribution < -0.4 is 5.32 Å². The number of hydrogen-bond acceptors (Lipinski definition) is 6. The monoisotopic (exact) mass is 281 g/mol. The van der Waals surface area contributed by atoms with Gasteiger partial charge < -0.3 is 14.9 Å². The van der Waals surface area contributed by atoms with E-state index in [-0.39, 0.29) is 12.5 Å². The Morgan fingerprint density at radius 1 is 1.40 bits per heavy atom. The fourth-order valence-corrected chi connectivity index (χ4v) is 2.10. The van der Waals surface area contributed by atoms with Crippen LogP contribution in [0.25, 0.3) is 0 Å². The number of carbonyl (C=O) groups excluding carboxylic acids is 1. The molecule has 1 aromatic rings. The van der Waals surface area contributed by atoms with Crippen molar-refractivity contribution < 1.29 is 24.5 Å². The average molecular weight is 281 g/mol. The summed E-state index contributed by atoms with van der Waals surface area (Å²) < 4.78 is 10.1. The standard InChI is InChI=1S/C14H19NO5/c1-9(2)11-12(20-14(17,18)15-11)13(16)19-8-10-6-4-3-5-7-10/h3-7,9,11-12,15,17-18H,8H2,1-2H3/t11-,12-/m0/s1. The van der Waals surface area contributed by atoms with Crippen LogP contribution in [0.1, 0.15) is 19.4 Å². The van der Waals surface area contributed by atoms with Gasteiger partial charge in [-0.1, -0.05) is 44.2 Å². The molecule has 3 N–H and O–H groups in total. The van der Waals surface area contributed by atoms with Gasteiger partial charge in [-0.05, 0) is 11.5 Å². The normalized spacial score (nSPS) is 24.9. The van der Waals surface area contributed by atoms with Crippen LogP contribution in [0.2, 0.25) is 0 Å². The summed E-state index contributed by atoms with van der Waals surface area (Å²) in [5.74, 6) is -0.643. The number of aliphatic hydroxyl groups is 2. The maximum absolute atomic E-state index is 12.0. The van der Waals surface area contributed by atoms with E-state index < -0.39 is 24.2 Å². The highest BCUT2D eigenvalue weighted by molar-refractivity contribution is 5.76. The van der Waals surface area contributed by atoms with Crippen molar-refractivity contribution in [3.8, 4) is 0 Å². The van der Waals surface area contributed by atoms with E-state index in [1.165, 1.54) is 0 Å². The van der Waals surface area contributed by atoms with E-state index in [4.69, 9.17) is 9.47 Å². The number of benzene rings is 1. The van der Waals surface area contributed by atoms with Crippen molar-refractivity contribution in [1.29, 1.82) is 0 Å². The molecule has 1 aliphatic heterocycles. The van der Waals surface area contributed by atoms with Crippen LogP contribution in [0.4, 0.5) is 0 Å². The summed E-state index contributed by atoms with van der Waals surface area (Å²) in [6, 6.07) is 8.72. The van der Waals surface area contributed by atoms with Gasteiger partial charge in [0.15, 0.2) is 6.10 Å². The molecule has 0 aliphatic carbocycles. The van der Waals surface area contributed by atoms with Crippen molar-refractivity contribution in [3.05, 3.63) is 35.9 Å². The van der Waals surface area contributed by atoms with Crippen molar-refractivity contribution in [2.75, 3.05) is 0 Å². The Balaban J connectivity index is 1.97. The summed E-state index contributed by atoms with van der Waals surface area (Å²) >= 11 is 0. The number of esters is 1. The van der Waals surface area contributed by atoms with Crippen LogP contribution in [-0.4, -0.2) is 34.4 Å². The molecule has 20 heavy (non-hydrogen) atoms. The van der Waals surface area contributed by atoms with E-state index in [0.717, 1.165) is 5.56 Å². The number of carbonyl (C=O) groups is 1. The highest BCUT2D eigenvalue weighted by Crippen LogP contribution is 2.24. The van der Waals surface area contributed by atoms with Gasteiger partial charge in [0.2, 0.25) is 0 Å². The predicted molar refractivity (Wildman–Crippen MR) is 70.0 cm³/mol. The third kappa shape index (κ3) is 3.55. The molecule has 0 saturated carbocycles. The topological polar surface area (TPSA) is 88.0 Å². The third-order valence-electron chi connectivity index (χ3n) is 3.15. The van der Waals surface area contributed by atoms with Gasteiger partial charge >= 0.3 is 12.1 Å². The predicted octanol–water partition coefficient (Wildman–Crippen LogP) is 0.339. The zero-order chi connectivity index (χ0) is 14.8. The van der Waals surface area contributed by atoms with Gasteiger partial charge in [-0.3, -0.25) is 4.74 Å². The molecule has 1 aliphatic rings. The van der Waals surface area contributed by atoms with Gasteiger partial charge in [-0.2, -0.15) is 0 Å². The average Bonchev–Trinajstić information content (AvgIpc) is 2.74. The Bertz CT molecular complexity index is 460. The lowest BCUT2D eigenvalue weighted by molar-refractivity contribution is -0.336. The number of rotatable bonds is 4. The Kier molecular flexibility index (Phi) is 4.39.